The largest absolute Gasteiger partial charge is 0.481 e. The van der Waals surface area contributed by atoms with Crippen molar-refractivity contribution in [3.63, 3.8) is 0 Å². The third-order valence-corrected chi connectivity index (χ3v) is 10.5. The predicted octanol–water partition coefficient (Wildman–Crippen LogP) is 4.48. The molecule has 1 aliphatic rings. The second-order valence-corrected chi connectivity index (χ2v) is 15.5. The van der Waals surface area contributed by atoms with Crippen molar-refractivity contribution >= 4 is 47.5 Å². The Morgan fingerprint density at radius 2 is 0.966 bits per heavy atom. The Morgan fingerprint density at radius 3 is 1.41 bits per heavy atom. The molecule has 0 radical (unpaired) electrons. The number of carbonyl (C=O) groups is 8. The first-order valence-corrected chi connectivity index (χ1v) is 21.5. The molecule has 1 rings (SSSR count). The lowest BCUT2D eigenvalue weighted by Gasteiger charge is -2.24. The number of nitrogens with zero attached hydrogens (tertiary/aromatic N) is 1. The van der Waals surface area contributed by atoms with E-state index >= 15 is 0 Å². The molecular formula is C41H71N5O12. The molecule has 4 amide bonds. The average Bonchev–Trinajstić information content (AvgIpc) is 3.67. The second kappa shape index (κ2) is 31.7. The number of likely N-dealkylation sites (tertiary alicyclic amines) is 1. The van der Waals surface area contributed by atoms with Crippen LogP contribution in [-0.4, -0.2) is 110 Å². The van der Waals surface area contributed by atoms with Gasteiger partial charge in [0.2, 0.25) is 23.6 Å². The summed E-state index contributed by atoms with van der Waals surface area (Å²) >= 11 is 0. The second-order valence-electron chi connectivity index (χ2n) is 15.5. The molecule has 0 aromatic rings. The number of rotatable bonds is 36. The monoisotopic (exact) mass is 826 g/mol. The van der Waals surface area contributed by atoms with Crippen molar-refractivity contribution in [2.45, 2.75) is 198 Å². The van der Waals surface area contributed by atoms with Gasteiger partial charge in [-0.15, -0.1) is 0 Å². The van der Waals surface area contributed by atoms with Gasteiger partial charge in [-0.1, -0.05) is 89.9 Å². The van der Waals surface area contributed by atoms with Crippen LogP contribution in [0.25, 0.3) is 0 Å². The highest BCUT2D eigenvalue weighted by atomic mass is 16.4. The van der Waals surface area contributed by atoms with E-state index in [-0.39, 0.29) is 45.1 Å². The Balaban J connectivity index is 2.15. The third kappa shape index (κ3) is 25.2. The van der Waals surface area contributed by atoms with Crippen LogP contribution in [0, 0.1) is 0 Å². The molecule has 4 atom stereocenters. The Hall–Kier alpha value is -4.28. The molecule has 17 nitrogen and oxygen atoms in total. The fraction of sp³-hybridized carbons (Fsp3) is 0.805. The molecule has 0 aliphatic carbocycles. The number of amides is 4. The number of nitrogens with one attached hydrogen (secondary N) is 3. The highest BCUT2D eigenvalue weighted by Crippen LogP contribution is 2.19. The summed E-state index contributed by atoms with van der Waals surface area (Å²) < 4.78 is 0. The maximum Gasteiger partial charge on any atom is 0.326 e. The van der Waals surface area contributed by atoms with Crippen molar-refractivity contribution in [2.24, 2.45) is 5.73 Å². The number of hydrogen-bond acceptors (Lipinski definition) is 9. The van der Waals surface area contributed by atoms with E-state index in [0.29, 0.717) is 45.1 Å². The van der Waals surface area contributed by atoms with E-state index < -0.39 is 71.7 Å². The van der Waals surface area contributed by atoms with Crippen LogP contribution in [0.15, 0.2) is 0 Å². The molecule has 1 heterocycles. The number of aliphatic carboxylic acids is 4. The van der Waals surface area contributed by atoms with Gasteiger partial charge in [-0.3, -0.25) is 24.0 Å². The van der Waals surface area contributed by atoms with Gasteiger partial charge in [0, 0.05) is 38.8 Å². The third-order valence-electron chi connectivity index (χ3n) is 10.5. The van der Waals surface area contributed by atoms with Crippen LogP contribution >= 0.6 is 0 Å². The lowest BCUT2D eigenvalue weighted by atomic mass is 10.0. The van der Waals surface area contributed by atoms with Crippen molar-refractivity contribution in [1.82, 2.24) is 20.9 Å². The maximum absolute atomic E-state index is 12.5. The summed E-state index contributed by atoms with van der Waals surface area (Å²) in [6.07, 6.45) is 19.1. The fourth-order valence-electron chi connectivity index (χ4n) is 7.06. The van der Waals surface area contributed by atoms with Crippen LogP contribution < -0.4 is 21.7 Å². The summed E-state index contributed by atoms with van der Waals surface area (Å²) in [7, 11) is 0. The Morgan fingerprint density at radius 1 is 0.534 bits per heavy atom. The minimum Gasteiger partial charge on any atom is -0.481 e. The molecule has 9 N–H and O–H groups in total. The summed E-state index contributed by atoms with van der Waals surface area (Å²) in [5.41, 5.74) is 5.97. The minimum atomic E-state index is -1.38. The molecule has 0 unspecified atom stereocenters. The molecule has 0 aromatic heterocycles. The van der Waals surface area contributed by atoms with Gasteiger partial charge in [0.1, 0.15) is 18.1 Å². The van der Waals surface area contributed by atoms with Gasteiger partial charge in [0.15, 0.2) is 0 Å². The van der Waals surface area contributed by atoms with Gasteiger partial charge in [0.05, 0.1) is 6.04 Å². The molecule has 1 aliphatic heterocycles. The number of carboxylic acid groups (broad SMARTS) is 4. The summed E-state index contributed by atoms with van der Waals surface area (Å²) in [4.78, 5) is 96.4. The Kier molecular flexibility index (Phi) is 28.3. The highest BCUT2D eigenvalue weighted by Gasteiger charge is 2.35. The molecule has 58 heavy (non-hydrogen) atoms. The van der Waals surface area contributed by atoms with E-state index in [0.717, 1.165) is 44.9 Å². The van der Waals surface area contributed by atoms with E-state index in [4.69, 9.17) is 10.8 Å². The first-order valence-electron chi connectivity index (χ1n) is 21.5. The zero-order valence-corrected chi connectivity index (χ0v) is 34.4. The number of unbranched alkanes of at least 4 members (excludes halogenated alkanes) is 16. The summed E-state index contributed by atoms with van der Waals surface area (Å²) in [5, 5.41) is 44.5. The SMILES string of the molecule is N[C@@H](CCCCNC(=O)CC[C@H](NC(=O)CC[C@H](NC(=O)CCCCCCCCCCCCCCCCCCC(=O)O)C(=O)O)C(=O)O)C(=O)N1CCC[C@H]1C(=O)O. The van der Waals surface area contributed by atoms with Crippen LogP contribution in [0.2, 0.25) is 0 Å². The molecule has 0 spiro atoms. The van der Waals surface area contributed by atoms with Crippen LogP contribution in [0.3, 0.4) is 0 Å². The summed E-state index contributed by atoms with van der Waals surface area (Å²) in [5.74, 6) is -6.42. The molecule has 0 bridgehead atoms. The highest BCUT2D eigenvalue weighted by molar-refractivity contribution is 5.88. The first-order chi connectivity index (χ1) is 27.7. The predicted molar refractivity (Wildman–Crippen MR) is 216 cm³/mol. The smallest absolute Gasteiger partial charge is 0.326 e. The molecule has 1 fully saturated rings. The van der Waals surface area contributed by atoms with Gasteiger partial charge in [0.25, 0.3) is 0 Å². The van der Waals surface area contributed by atoms with Gasteiger partial charge < -0.3 is 47.0 Å². The fourth-order valence-corrected chi connectivity index (χ4v) is 7.06. The standard InChI is InChI=1S/C41H71N5O12/c42-30(38(52)46-29-19-21-33(46)41(57)58)20-17-18-28-43-34(47)26-24-31(39(53)54)45-36(49)27-25-32(40(55)56)44-35(48)22-15-13-11-9-7-5-3-1-2-4-6-8-10-12-14-16-23-37(50)51/h30-33H,1-29,42H2,(H,43,47)(H,44,48)(H,45,49)(H,50,51)(H,53,54)(H,55,56)(H,57,58)/t30-,31-,32-,33-/m0/s1. The van der Waals surface area contributed by atoms with E-state index in [1.807, 2.05) is 0 Å². The quantitative estimate of drug-likeness (QED) is 0.0405. The number of hydrogen-bond donors (Lipinski definition) is 8. The molecule has 0 saturated carbocycles. The summed E-state index contributed by atoms with van der Waals surface area (Å²) in [6, 6.07) is -4.39. The normalized spacial score (nSPS) is 15.3. The molecular weight excluding hydrogens is 754 g/mol. The van der Waals surface area contributed by atoms with Crippen molar-refractivity contribution in [3.8, 4) is 0 Å². The molecule has 332 valence electrons. The Labute approximate surface area is 343 Å². The average molecular weight is 826 g/mol. The molecule has 1 saturated heterocycles. The van der Waals surface area contributed by atoms with Gasteiger partial charge in [-0.2, -0.15) is 0 Å². The van der Waals surface area contributed by atoms with Crippen molar-refractivity contribution in [2.75, 3.05) is 13.1 Å². The zero-order valence-electron chi connectivity index (χ0n) is 34.4. The Bertz CT molecular complexity index is 1280. The first kappa shape index (κ1) is 51.7. The van der Waals surface area contributed by atoms with E-state index in [9.17, 15) is 53.7 Å². The maximum atomic E-state index is 12.5. The molecule has 0 aromatic carbocycles. The van der Waals surface area contributed by atoms with E-state index in [1.165, 1.54) is 56.3 Å². The zero-order chi connectivity index (χ0) is 43.1. The number of carboxylic acids is 4. The van der Waals surface area contributed by atoms with Crippen LogP contribution in [0.4, 0.5) is 0 Å². The van der Waals surface area contributed by atoms with Crippen molar-refractivity contribution < 1.29 is 58.8 Å². The van der Waals surface area contributed by atoms with E-state index in [2.05, 4.69) is 16.0 Å². The summed E-state index contributed by atoms with van der Waals surface area (Å²) in [6.45, 7) is 0.601. The van der Waals surface area contributed by atoms with Crippen LogP contribution in [0.1, 0.15) is 173 Å². The number of carbonyl (C=O) groups excluding carboxylic acids is 4. The van der Waals surface area contributed by atoms with E-state index in [1.54, 1.807) is 0 Å². The van der Waals surface area contributed by atoms with Gasteiger partial charge >= 0.3 is 23.9 Å². The lowest BCUT2D eigenvalue weighted by Crippen LogP contribution is -2.48. The molecule has 17 heteroatoms. The van der Waals surface area contributed by atoms with Crippen molar-refractivity contribution in [1.29, 1.82) is 0 Å². The van der Waals surface area contributed by atoms with Crippen LogP contribution in [0.5, 0.6) is 0 Å². The van der Waals surface area contributed by atoms with Crippen molar-refractivity contribution in [3.05, 3.63) is 0 Å². The van der Waals surface area contributed by atoms with Crippen LogP contribution in [-0.2, 0) is 38.4 Å². The topological polar surface area (TPSA) is 283 Å². The minimum absolute atomic E-state index is 0.169. The number of nitrogens with two attached hydrogens (primary N) is 1. The van der Waals surface area contributed by atoms with Gasteiger partial charge in [-0.05, 0) is 57.8 Å². The van der Waals surface area contributed by atoms with Gasteiger partial charge in [-0.25, -0.2) is 14.4 Å². The lowest BCUT2D eigenvalue weighted by molar-refractivity contribution is -0.148.